The van der Waals surface area contributed by atoms with Gasteiger partial charge in [0.2, 0.25) is 5.91 Å². The van der Waals surface area contributed by atoms with Crippen molar-refractivity contribution in [1.82, 2.24) is 4.90 Å². The van der Waals surface area contributed by atoms with Gasteiger partial charge in [-0.15, -0.1) is 0 Å². The highest BCUT2D eigenvalue weighted by molar-refractivity contribution is 5.96. The van der Waals surface area contributed by atoms with Crippen LogP contribution in [0.15, 0.2) is 42.5 Å². The Balaban J connectivity index is 1.47. The van der Waals surface area contributed by atoms with E-state index in [4.69, 9.17) is 4.74 Å². The number of likely N-dealkylation sites (tertiary alicyclic amines) is 1. The van der Waals surface area contributed by atoms with Crippen LogP contribution in [0.3, 0.4) is 0 Å². The number of hydrogen-bond acceptors (Lipinski definition) is 3. The van der Waals surface area contributed by atoms with Gasteiger partial charge in [0, 0.05) is 24.3 Å². The normalized spacial score (nSPS) is 13.5. The first-order valence-electron chi connectivity index (χ1n) is 9.42. The first-order valence-corrected chi connectivity index (χ1v) is 9.42. The van der Waals surface area contributed by atoms with E-state index in [-0.39, 0.29) is 18.2 Å². The van der Waals surface area contributed by atoms with Crippen molar-refractivity contribution in [3.63, 3.8) is 0 Å². The van der Waals surface area contributed by atoms with Gasteiger partial charge in [-0.05, 0) is 68.1 Å². The van der Waals surface area contributed by atoms with Gasteiger partial charge in [-0.2, -0.15) is 0 Å². The van der Waals surface area contributed by atoms with E-state index in [9.17, 15) is 9.59 Å². The summed E-state index contributed by atoms with van der Waals surface area (Å²) in [6, 6.07) is 13.1. The Kier molecular flexibility index (Phi) is 6.12. The minimum atomic E-state index is -0.112. The molecule has 2 amide bonds. The molecule has 0 aliphatic carbocycles. The molecule has 1 aliphatic rings. The van der Waals surface area contributed by atoms with E-state index in [0.29, 0.717) is 17.9 Å². The zero-order chi connectivity index (χ0) is 19.2. The summed E-state index contributed by atoms with van der Waals surface area (Å²) in [5.74, 6) is 0.763. The highest BCUT2D eigenvalue weighted by Crippen LogP contribution is 2.19. The van der Waals surface area contributed by atoms with Crippen LogP contribution in [-0.2, 0) is 4.79 Å². The Labute approximate surface area is 160 Å². The molecule has 1 N–H and O–H groups in total. The zero-order valence-electron chi connectivity index (χ0n) is 16.0. The molecular formula is C22H26N2O3. The average Bonchev–Trinajstić information content (AvgIpc) is 3.19. The monoisotopic (exact) mass is 366 g/mol. The summed E-state index contributed by atoms with van der Waals surface area (Å²) >= 11 is 0. The van der Waals surface area contributed by atoms with Crippen LogP contribution >= 0.6 is 0 Å². The van der Waals surface area contributed by atoms with Crippen molar-refractivity contribution in [2.75, 3.05) is 25.0 Å². The summed E-state index contributed by atoms with van der Waals surface area (Å²) in [4.78, 5) is 26.3. The van der Waals surface area contributed by atoms with Crippen molar-refractivity contribution in [3.8, 4) is 5.75 Å². The lowest BCUT2D eigenvalue weighted by molar-refractivity contribution is -0.116. The smallest absolute Gasteiger partial charge is 0.253 e. The number of benzene rings is 2. The zero-order valence-corrected chi connectivity index (χ0v) is 16.0. The highest BCUT2D eigenvalue weighted by atomic mass is 16.5. The maximum absolute atomic E-state index is 12.3. The summed E-state index contributed by atoms with van der Waals surface area (Å²) < 4.78 is 5.72. The Morgan fingerprint density at radius 3 is 2.44 bits per heavy atom. The third-order valence-electron chi connectivity index (χ3n) is 4.74. The van der Waals surface area contributed by atoms with Crippen molar-refractivity contribution in [2.45, 2.75) is 33.1 Å². The number of carbonyl (C=O) groups is 2. The van der Waals surface area contributed by atoms with Crippen LogP contribution in [0.5, 0.6) is 5.75 Å². The molecule has 1 aliphatic heterocycles. The number of amides is 2. The molecule has 0 aromatic heterocycles. The summed E-state index contributed by atoms with van der Waals surface area (Å²) in [7, 11) is 0. The van der Waals surface area contributed by atoms with Crippen LogP contribution in [0.4, 0.5) is 5.69 Å². The highest BCUT2D eigenvalue weighted by Gasteiger charge is 2.19. The van der Waals surface area contributed by atoms with E-state index in [0.717, 1.165) is 42.8 Å². The van der Waals surface area contributed by atoms with E-state index >= 15 is 0 Å². The largest absolute Gasteiger partial charge is 0.493 e. The van der Waals surface area contributed by atoms with E-state index in [1.807, 2.05) is 36.9 Å². The van der Waals surface area contributed by atoms with E-state index in [2.05, 4.69) is 5.32 Å². The molecule has 2 aromatic carbocycles. The van der Waals surface area contributed by atoms with Crippen molar-refractivity contribution in [1.29, 1.82) is 0 Å². The molecule has 0 unspecified atom stereocenters. The number of nitrogens with zero attached hydrogens (tertiary/aromatic N) is 1. The van der Waals surface area contributed by atoms with Gasteiger partial charge >= 0.3 is 0 Å². The molecule has 1 saturated heterocycles. The van der Waals surface area contributed by atoms with Crippen molar-refractivity contribution in [3.05, 3.63) is 59.2 Å². The van der Waals surface area contributed by atoms with Crippen molar-refractivity contribution >= 4 is 17.5 Å². The molecule has 2 aromatic rings. The molecular weight excluding hydrogens is 340 g/mol. The van der Waals surface area contributed by atoms with Gasteiger partial charge in [0.25, 0.3) is 5.91 Å². The number of hydrogen-bond donors (Lipinski definition) is 1. The standard InChI is InChI=1S/C22H26N2O3/c1-16-5-6-17(2)20(15-16)27-14-11-21(25)23-19-9-7-18(8-10-19)22(26)24-12-3-4-13-24/h5-10,15H,3-4,11-14H2,1-2H3,(H,23,25). The van der Waals surface area contributed by atoms with Crippen LogP contribution in [-0.4, -0.2) is 36.4 Å². The fourth-order valence-electron chi connectivity index (χ4n) is 3.14. The van der Waals surface area contributed by atoms with Crippen molar-refractivity contribution in [2.24, 2.45) is 0 Å². The third kappa shape index (κ3) is 5.09. The lowest BCUT2D eigenvalue weighted by atomic mass is 10.1. The molecule has 3 rings (SSSR count). The van der Waals surface area contributed by atoms with Gasteiger partial charge in [0.15, 0.2) is 0 Å². The second-order valence-electron chi connectivity index (χ2n) is 6.99. The molecule has 27 heavy (non-hydrogen) atoms. The van der Waals surface area contributed by atoms with Gasteiger partial charge in [0.1, 0.15) is 5.75 Å². The average molecular weight is 366 g/mol. The number of rotatable bonds is 6. The number of carbonyl (C=O) groups excluding carboxylic acids is 2. The summed E-state index contributed by atoms with van der Waals surface area (Å²) in [6.45, 7) is 5.98. The molecule has 5 heteroatoms. The molecule has 0 atom stereocenters. The third-order valence-corrected chi connectivity index (χ3v) is 4.74. The Morgan fingerprint density at radius 1 is 1.04 bits per heavy atom. The van der Waals surface area contributed by atoms with E-state index in [1.165, 1.54) is 0 Å². The quantitative estimate of drug-likeness (QED) is 0.842. The van der Waals surface area contributed by atoms with Crippen LogP contribution in [0.25, 0.3) is 0 Å². The Morgan fingerprint density at radius 2 is 1.74 bits per heavy atom. The van der Waals surface area contributed by atoms with Crippen LogP contribution in [0, 0.1) is 13.8 Å². The predicted molar refractivity (Wildman–Crippen MR) is 106 cm³/mol. The molecule has 1 fully saturated rings. The maximum atomic E-state index is 12.3. The van der Waals surface area contributed by atoms with Gasteiger partial charge < -0.3 is 15.0 Å². The molecule has 0 spiro atoms. The van der Waals surface area contributed by atoms with Gasteiger partial charge in [-0.1, -0.05) is 12.1 Å². The fourth-order valence-corrected chi connectivity index (χ4v) is 3.14. The molecule has 0 bridgehead atoms. The SMILES string of the molecule is Cc1ccc(C)c(OCCC(=O)Nc2ccc(C(=O)N3CCCC3)cc2)c1. The van der Waals surface area contributed by atoms with Crippen LogP contribution < -0.4 is 10.1 Å². The van der Waals surface area contributed by atoms with Gasteiger partial charge in [-0.25, -0.2) is 0 Å². The number of anilines is 1. The lowest BCUT2D eigenvalue weighted by Crippen LogP contribution is -2.27. The molecule has 5 nitrogen and oxygen atoms in total. The molecule has 142 valence electrons. The fraction of sp³-hybridized carbons (Fsp3) is 0.364. The maximum Gasteiger partial charge on any atom is 0.253 e. The number of ether oxygens (including phenoxy) is 1. The predicted octanol–water partition coefficient (Wildman–Crippen LogP) is 3.95. The number of nitrogens with one attached hydrogen (secondary N) is 1. The number of aryl methyl sites for hydroxylation is 2. The Hall–Kier alpha value is -2.82. The van der Waals surface area contributed by atoms with Crippen LogP contribution in [0.1, 0.15) is 40.7 Å². The van der Waals surface area contributed by atoms with Crippen LogP contribution in [0.2, 0.25) is 0 Å². The summed E-state index contributed by atoms with van der Waals surface area (Å²) in [6.07, 6.45) is 2.41. The first kappa shape index (κ1) is 19.0. The molecule has 1 heterocycles. The van der Waals surface area contributed by atoms with Gasteiger partial charge in [-0.3, -0.25) is 9.59 Å². The van der Waals surface area contributed by atoms with E-state index in [1.54, 1.807) is 24.3 Å². The Bertz CT molecular complexity index is 809. The minimum Gasteiger partial charge on any atom is -0.493 e. The second-order valence-corrected chi connectivity index (χ2v) is 6.99. The van der Waals surface area contributed by atoms with E-state index < -0.39 is 0 Å². The summed E-state index contributed by atoms with van der Waals surface area (Å²) in [5, 5.41) is 2.85. The first-order chi connectivity index (χ1) is 13.0. The molecule has 0 saturated carbocycles. The van der Waals surface area contributed by atoms with Gasteiger partial charge in [0.05, 0.1) is 13.0 Å². The van der Waals surface area contributed by atoms with Crippen molar-refractivity contribution < 1.29 is 14.3 Å². The lowest BCUT2D eigenvalue weighted by Gasteiger charge is -2.15. The second kappa shape index (κ2) is 8.71. The molecule has 0 radical (unpaired) electrons. The summed E-state index contributed by atoms with van der Waals surface area (Å²) in [5.41, 5.74) is 3.53. The minimum absolute atomic E-state index is 0.0623. The topological polar surface area (TPSA) is 58.6 Å².